The van der Waals surface area contributed by atoms with Gasteiger partial charge in [-0.15, -0.1) is 0 Å². The van der Waals surface area contributed by atoms with E-state index >= 15 is 0 Å². The van der Waals surface area contributed by atoms with Gasteiger partial charge in [0.15, 0.2) is 6.10 Å². The molecule has 0 bridgehead atoms. The molecule has 1 rings (SSSR count). The lowest BCUT2D eigenvalue weighted by Gasteiger charge is -2.07. The van der Waals surface area contributed by atoms with Crippen molar-refractivity contribution in [1.29, 1.82) is 0 Å². The highest BCUT2D eigenvalue weighted by Gasteiger charge is 2.24. The van der Waals surface area contributed by atoms with E-state index in [0.29, 0.717) is 13.2 Å². The van der Waals surface area contributed by atoms with Crippen molar-refractivity contribution in [3.63, 3.8) is 0 Å². The first-order valence-corrected chi connectivity index (χ1v) is 10.2. The minimum absolute atomic E-state index is 0.204. The van der Waals surface area contributed by atoms with Gasteiger partial charge in [-0.2, -0.15) is 0 Å². The van der Waals surface area contributed by atoms with Crippen LogP contribution >= 0.6 is 0 Å². The number of unbranched alkanes of at least 4 members (excludes halogenated alkanes) is 13. The van der Waals surface area contributed by atoms with Gasteiger partial charge in [-0.25, -0.2) is 4.79 Å². The Balaban J connectivity index is 1.67. The van der Waals surface area contributed by atoms with Crippen LogP contribution in [0, 0.1) is 0 Å². The molecule has 142 valence electrons. The first-order chi connectivity index (χ1) is 11.8. The molecule has 4 heteroatoms. The highest BCUT2D eigenvalue weighted by molar-refractivity contribution is 5.61. The van der Waals surface area contributed by atoms with E-state index in [2.05, 4.69) is 6.92 Å². The van der Waals surface area contributed by atoms with E-state index in [1.165, 1.54) is 83.5 Å². The third kappa shape index (κ3) is 12.6. The van der Waals surface area contributed by atoms with Crippen molar-refractivity contribution in [2.24, 2.45) is 0 Å². The molecule has 1 atom stereocenters. The maximum Gasteiger partial charge on any atom is 0.508 e. The van der Waals surface area contributed by atoms with Crippen LogP contribution in [0.2, 0.25) is 0 Å². The highest BCUT2D eigenvalue weighted by Crippen LogP contribution is 2.13. The van der Waals surface area contributed by atoms with Crippen LogP contribution in [0.3, 0.4) is 0 Å². The summed E-state index contributed by atoms with van der Waals surface area (Å²) in [6, 6.07) is 0. The lowest BCUT2D eigenvalue weighted by Crippen LogP contribution is -2.18. The Morgan fingerprint density at radius 2 is 1.33 bits per heavy atom. The molecule has 1 fully saturated rings. The van der Waals surface area contributed by atoms with Gasteiger partial charge in [0, 0.05) is 6.61 Å². The molecule has 0 radical (unpaired) electrons. The molecule has 4 nitrogen and oxygen atoms in total. The van der Waals surface area contributed by atoms with E-state index < -0.39 is 6.16 Å². The highest BCUT2D eigenvalue weighted by atomic mass is 16.8. The van der Waals surface area contributed by atoms with E-state index in [1.807, 2.05) is 0 Å². The topological polar surface area (TPSA) is 44.8 Å². The number of carbonyl (C=O) groups excluding carboxylic acids is 1. The Kier molecular flexibility index (Phi) is 14.0. The molecule has 0 aromatic rings. The van der Waals surface area contributed by atoms with Gasteiger partial charge in [-0.1, -0.05) is 90.4 Å². The Labute approximate surface area is 148 Å². The average molecular weight is 343 g/mol. The number of hydrogen-bond donors (Lipinski definition) is 0. The number of ether oxygens (including phenoxy) is 3. The zero-order valence-electron chi connectivity index (χ0n) is 15.7. The van der Waals surface area contributed by atoms with Crippen LogP contribution in [-0.4, -0.2) is 32.1 Å². The largest absolute Gasteiger partial charge is 0.508 e. The monoisotopic (exact) mass is 342 g/mol. The fourth-order valence-electron chi connectivity index (χ4n) is 3.06. The van der Waals surface area contributed by atoms with Crippen molar-refractivity contribution < 1.29 is 19.0 Å². The van der Waals surface area contributed by atoms with Crippen LogP contribution in [-0.2, 0) is 14.2 Å². The second-order valence-corrected chi connectivity index (χ2v) is 6.97. The van der Waals surface area contributed by atoms with E-state index in [1.54, 1.807) is 0 Å². The Bertz CT molecular complexity index is 293. The average Bonchev–Trinajstić information content (AvgIpc) is 3.00. The quantitative estimate of drug-likeness (QED) is 0.239. The summed E-state index contributed by atoms with van der Waals surface area (Å²) in [6.07, 6.45) is 18.3. The third-order valence-corrected chi connectivity index (χ3v) is 4.60. The molecule has 1 aliphatic heterocycles. The van der Waals surface area contributed by atoms with E-state index in [4.69, 9.17) is 14.2 Å². The van der Waals surface area contributed by atoms with Gasteiger partial charge >= 0.3 is 6.16 Å². The molecule has 0 aromatic carbocycles. The van der Waals surface area contributed by atoms with Crippen LogP contribution in [0.15, 0.2) is 0 Å². The first-order valence-electron chi connectivity index (χ1n) is 10.2. The summed E-state index contributed by atoms with van der Waals surface area (Å²) in [5, 5.41) is 0. The van der Waals surface area contributed by atoms with Crippen LogP contribution in [0.5, 0.6) is 0 Å². The van der Waals surface area contributed by atoms with Crippen molar-refractivity contribution in [1.82, 2.24) is 0 Å². The van der Waals surface area contributed by atoms with Crippen LogP contribution < -0.4 is 0 Å². The standard InChI is InChI=1S/C20H38O4/c1-2-3-4-5-6-7-8-9-10-11-12-13-14-15-16-22-17-19-18-23-20(21)24-19/h19H,2-18H2,1H3/t19-/m0/s1. The number of cyclic esters (lactones) is 2. The molecule has 0 N–H and O–H groups in total. The second-order valence-electron chi connectivity index (χ2n) is 6.97. The molecule has 0 amide bonds. The molecule has 1 aliphatic rings. The van der Waals surface area contributed by atoms with Gasteiger partial charge in [0.1, 0.15) is 6.61 Å². The lowest BCUT2D eigenvalue weighted by atomic mass is 10.0. The van der Waals surface area contributed by atoms with Crippen molar-refractivity contribution >= 4 is 6.16 Å². The fourth-order valence-corrected chi connectivity index (χ4v) is 3.06. The summed E-state index contributed by atoms with van der Waals surface area (Å²) in [5.74, 6) is 0. The second kappa shape index (κ2) is 15.7. The molecule has 24 heavy (non-hydrogen) atoms. The van der Waals surface area contributed by atoms with Crippen LogP contribution in [0.25, 0.3) is 0 Å². The predicted octanol–water partition coefficient (Wildman–Crippen LogP) is 6.02. The maximum atomic E-state index is 10.7. The van der Waals surface area contributed by atoms with Crippen LogP contribution in [0.1, 0.15) is 96.8 Å². The summed E-state index contributed by atoms with van der Waals surface area (Å²) in [7, 11) is 0. The third-order valence-electron chi connectivity index (χ3n) is 4.60. The number of hydrogen-bond acceptors (Lipinski definition) is 4. The van der Waals surface area contributed by atoms with Gasteiger partial charge in [-0.05, 0) is 6.42 Å². The zero-order chi connectivity index (χ0) is 17.3. The molecule has 1 saturated heterocycles. The van der Waals surface area contributed by atoms with E-state index in [0.717, 1.165) is 13.0 Å². The maximum absolute atomic E-state index is 10.7. The van der Waals surface area contributed by atoms with Gasteiger partial charge in [0.2, 0.25) is 0 Å². The van der Waals surface area contributed by atoms with E-state index in [9.17, 15) is 4.79 Å². The van der Waals surface area contributed by atoms with Crippen molar-refractivity contribution in [3.05, 3.63) is 0 Å². The Morgan fingerprint density at radius 1 is 0.833 bits per heavy atom. The number of carbonyl (C=O) groups is 1. The molecule has 1 heterocycles. The molecule has 0 spiro atoms. The van der Waals surface area contributed by atoms with E-state index in [-0.39, 0.29) is 6.10 Å². The molecule has 0 unspecified atom stereocenters. The summed E-state index contributed by atoms with van der Waals surface area (Å²) in [6.45, 7) is 3.82. The molecular formula is C20H38O4. The van der Waals surface area contributed by atoms with Gasteiger partial charge < -0.3 is 14.2 Å². The Hall–Kier alpha value is -0.770. The summed E-state index contributed by atoms with van der Waals surface area (Å²) >= 11 is 0. The number of rotatable bonds is 17. The fraction of sp³-hybridized carbons (Fsp3) is 0.950. The molecular weight excluding hydrogens is 304 g/mol. The molecule has 0 aromatic heterocycles. The normalized spacial score (nSPS) is 17.0. The smallest absolute Gasteiger partial charge is 0.430 e. The first kappa shape index (κ1) is 21.3. The SMILES string of the molecule is CCCCCCCCCCCCCCCCOC[C@H]1COC(=O)O1. The van der Waals surface area contributed by atoms with Crippen molar-refractivity contribution in [3.8, 4) is 0 Å². The zero-order valence-corrected chi connectivity index (χ0v) is 15.7. The van der Waals surface area contributed by atoms with Crippen molar-refractivity contribution in [2.45, 2.75) is 103 Å². The molecule has 0 aliphatic carbocycles. The van der Waals surface area contributed by atoms with Gasteiger partial charge in [0.25, 0.3) is 0 Å². The predicted molar refractivity (Wildman–Crippen MR) is 97.4 cm³/mol. The van der Waals surface area contributed by atoms with Crippen LogP contribution in [0.4, 0.5) is 4.79 Å². The molecule has 0 saturated carbocycles. The van der Waals surface area contributed by atoms with Gasteiger partial charge in [-0.3, -0.25) is 0 Å². The summed E-state index contributed by atoms with van der Waals surface area (Å²) in [4.78, 5) is 10.7. The summed E-state index contributed by atoms with van der Waals surface area (Å²) < 4.78 is 15.1. The summed E-state index contributed by atoms with van der Waals surface area (Å²) in [5.41, 5.74) is 0. The lowest BCUT2D eigenvalue weighted by molar-refractivity contribution is 0.0443. The van der Waals surface area contributed by atoms with Gasteiger partial charge in [0.05, 0.1) is 6.61 Å². The van der Waals surface area contributed by atoms with Crippen molar-refractivity contribution in [2.75, 3.05) is 19.8 Å². The minimum atomic E-state index is -0.569. The minimum Gasteiger partial charge on any atom is -0.430 e. The Morgan fingerprint density at radius 3 is 1.79 bits per heavy atom.